The third kappa shape index (κ3) is 4.66. The Balaban J connectivity index is 0.00000261. The Morgan fingerprint density at radius 2 is 1.74 bits per heavy atom. The Morgan fingerprint density at radius 1 is 1.15 bits per heavy atom. The molecule has 9 nitrogen and oxygen atoms in total. The fourth-order valence-electron chi connectivity index (χ4n) is 2.31. The van der Waals surface area contributed by atoms with Crippen LogP contribution in [-0.4, -0.2) is 32.2 Å². The van der Waals surface area contributed by atoms with Gasteiger partial charge >= 0.3 is 5.97 Å². The maximum atomic E-state index is 10.8. The minimum absolute atomic E-state index is 0. The zero-order valence-electron chi connectivity index (χ0n) is 13.8. The Morgan fingerprint density at radius 3 is 2.30 bits per heavy atom. The van der Waals surface area contributed by atoms with Gasteiger partial charge in [-0.25, -0.2) is 0 Å². The third-order valence-corrected chi connectivity index (χ3v) is 3.74. The summed E-state index contributed by atoms with van der Waals surface area (Å²) in [6.07, 6.45) is 0.218. The number of carboxylic acids is 1. The first-order valence-corrected chi connectivity index (χ1v) is 7.60. The SMILES string of the molecule is Cl.N[C@@H](Cc1ccc(-c2noc(-c3ccc([N+](=O)[O-])cc3)n2)cc1)C(=O)O. The van der Waals surface area contributed by atoms with E-state index in [1.165, 1.54) is 24.3 Å². The summed E-state index contributed by atoms with van der Waals surface area (Å²) in [6, 6.07) is 11.8. The molecular formula is C17H15ClN4O5. The highest BCUT2D eigenvalue weighted by Crippen LogP contribution is 2.24. The molecule has 3 rings (SSSR count). The second-order valence-electron chi connectivity index (χ2n) is 5.57. The fraction of sp³-hybridized carbons (Fsp3) is 0.118. The van der Waals surface area contributed by atoms with Crippen molar-refractivity contribution in [2.24, 2.45) is 5.73 Å². The molecule has 27 heavy (non-hydrogen) atoms. The molecule has 2 aromatic carbocycles. The number of non-ortho nitro benzene ring substituents is 1. The Bertz CT molecular complexity index is 941. The van der Waals surface area contributed by atoms with Gasteiger partial charge in [-0.2, -0.15) is 4.98 Å². The van der Waals surface area contributed by atoms with Crippen LogP contribution in [0.2, 0.25) is 0 Å². The number of nitrogens with zero attached hydrogens (tertiary/aromatic N) is 3. The summed E-state index contributed by atoms with van der Waals surface area (Å²) in [5, 5.41) is 23.4. The van der Waals surface area contributed by atoms with Gasteiger partial charge in [0.2, 0.25) is 5.82 Å². The van der Waals surface area contributed by atoms with Crippen LogP contribution in [-0.2, 0) is 11.2 Å². The van der Waals surface area contributed by atoms with Crippen LogP contribution in [0, 0.1) is 10.1 Å². The molecule has 0 fully saturated rings. The van der Waals surface area contributed by atoms with Gasteiger partial charge in [0.05, 0.1) is 4.92 Å². The lowest BCUT2D eigenvalue weighted by Crippen LogP contribution is -2.32. The highest BCUT2D eigenvalue weighted by Gasteiger charge is 2.14. The number of halogens is 1. The second-order valence-corrected chi connectivity index (χ2v) is 5.57. The quantitative estimate of drug-likeness (QED) is 0.482. The summed E-state index contributed by atoms with van der Waals surface area (Å²) >= 11 is 0. The van der Waals surface area contributed by atoms with Gasteiger partial charge < -0.3 is 15.4 Å². The van der Waals surface area contributed by atoms with Crippen LogP contribution in [0.15, 0.2) is 53.1 Å². The molecule has 3 aromatic rings. The molecule has 0 amide bonds. The molecule has 1 aromatic heterocycles. The Labute approximate surface area is 159 Å². The van der Waals surface area contributed by atoms with Crippen molar-refractivity contribution in [3.63, 3.8) is 0 Å². The van der Waals surface area contributed by atoms with Crippen molar-refractivity contribution in [2.45, 2.75) is 12.5 Å². The molecular weight excluding hydrogens is 376 g/mol. The van der Waals surface area contributed by atoms with Crippen molar-refractivity contribution in [1.82, 2.24) is 10.1 Å². The molecule has 3 N–H and O–H groups in total. The predicted molar refractivity (Wildman–Crippen MR) is 98.4 cm³/mol. The first-order valence-electron chi connectivity index (χ1n) is 7.60. The summed E-state index contributed by atoms with van der Waals surface area (Å²) in [5.41, 5.74) is 7.53. The van der Waals surface area contributed by atoms with E-state index in [0.717, 1.165) is 5.56 Å². The van der Waals surface area contributed by atoms with E-state index in [1.54, 1.807) is 24.3 Å². The van der Waals surface area contributed by atoms with Crippen molar-refractivity contribution in [3.8, 4) is 22.8 Å². The molecule has 0 radical (unpaired) electrons. The maximum Gasteiger partial charge on any atom is 0.320 e. The van der Waals surface area contributed by atoms with E-state index in [4.69, 9.17) is 15.4 Å². The minimum Gasteiger partial charge on any atom is -0.480 e. The molecule has 0 aliphatic carbocycles. The van der Waals surface area contributed by atoms with Crippen LogP contribution in [0.4, 0.5) is 5.69 Å². The standard InChI is InChI=1S/C17H14N4O5.ClH/c18-14(17(22)23)9-10-1-3-11(4-2-10)15-19-16(26-20-15)12-5-7-13(8-6-12)21(24)25;/h1-8,14H,9,18H2,(H,22,23);1H/t14-;/m0./s1. The van der Waals surface area contributed by atoms with Crippen LogP contribution in [0.5, 0.6) is 0 Å². The summed E-state index contributed by atoms with van der Waals surface area (Å²) in [5.74, 6) is -0.459. The second kappa shape index (κ2) is 8.39. The van der Waals surface area contributed by atoms with Crippen LogP contribution in [0.1, 0.15) is 5.56 Å². The topological polar surface area (TPSA) is 145 Å². The monoisotopic (exact) mass is 390 g/mol. The molecule has 1 heterocycles. The third-order valence-electron chi connectivity index (χ3n) is 3.74. The number of nitro benzene ring substituents is 1. The van der Waals surface area contributed by atoms with Gasteiger partial charge in [0.25, 0.3) is 11.6 Å². The molecule has 10 heteroatoms. The van der Waals surface area contributed by atoms with Crippen molar-refractivity contribution < 1.29 is 19.3 Å². The first kappa shape index (κ1) is 20.0. The number of aliphatic carboxylic acids is 1. The number of hydrogen-bond acceptors (Lipinski definition) is 7. The fourth-order valence-corrected chi connectivity index (χ4v) is 2.31. The van der Waals surface area contributed by atoms with E-state index in [0.29, 0.717) is 17.0 Å². The van der Waals surface area contributed by atoms with Gasteiger partial charge in [-0.15, -0.1) is 12.4 Å². The lowest BCUT2D eigenvalue weighted by Gasteiger charge is -2.06. The zero-order valence-corrected chi connectivity index (χ0v) is 14.6. The number of hydrogen-bond donors (Lipinski definition) is 2. The molecule has 0 spiro atoms. The van der Waals surface area contributed by atoms with E-state index in [-0.39, 0.29) is 30.4 Å². The van der Waals surface area contributed by atoms with Crippen molar-refractivity contribution in [2.75, 3.05) is 0 Å². The van der Waals surface area contributed by atoms with Crippen molar-refractivity contribution in [1.29, 1.82) is 0 Å². The zero-order chi connectivity index (χ0) is 18.7. The minimum atomic E-state index is -1.06. The molecule has 0 saturated heterocycles. The average Bonchev–Trinajstić information content (AvgIpc) is 3.12. The Kier molecular flexibility index (Phi) is 6.22. The van der Waals surface area contributed by atoms with Gasteiger partial charge in [-0.1, -0.05) is 29.4 Å². The predicted octanol–water partition coefficient (Wildman–Crippen LogP) is 2.69. The molecule has 0 bridgehead atoms. The largest absolute Gasteiger partial charge is 0.480 e. The van der Waals surface area contributed by atoms with Crippen LogP contribution in [0.25, 0.3) is 22.8 Å². The van der Waals surface area contributed by atoms with E-state index < -0.39 is 16.9 Å². The highest BCUT2D eigenvalue weighted by molar-refractivity contribution is 5.85. The molecule has 0 aliphatic rings. The number of aromatic nitrogens is 2. The summed E-state index contributed by atoms with van der Waals surface area (Å²) < 4.78 is 5.20. The maximum absolute atomic E-state index is 10.8. The van der Waals surface area contributed by atoms with Gasteiger partial charge in [0, 0.05) is 23.3 Å². The number of rotatable bonds is 6. The van der Waals surface area contributed by atoms with Gasteiger partial charge in [-0.05, 0) is 24.1 Å². The van der Waals surface area contributed by atoms with E-state index in [2.05, 4.69) is 10.1 Å². The Hall–Kier alpha value is -3.30. The van der Waals surface area contributed by atoms with Crippen molar-refractivity contribution >= 4 is 24.1 Å². The smallest absolute Gasteiger partial charge is 0.320 e. The number of carbonyl (C=O) groups is 1. The van der Waals surface area contributed by atoms with E-state index in [9.17, 15) is 14.9 Å². The van der Waals surface area contributed by atoms with Crippen LogP contribution in [0.3, 0.4) is 0 Å². The highest BCUT2D eigenvalue weighted by atomic mass is 35.5. The molecule has 0 unspecified atom stereocenters. The molecule has 140 valence electrons. The summed E-state index contributed by atoms with van der Waals surface area (Å²) in [7, 11) is 0. The first-order chi connectivity index (χ1) is 12.4. The number of benzene rings is 2. The molecule has 0 aliphatic heterocycles. The van der Waals surface area contributed by atoms with Gasteiger partial charge in [0.15, 0.2) is 0 Å². The summed E-state index contributed by atoms with van der Waals surface area (Å²) in [6.45, 7) is 0. The van der Waals surface area contributed by atoms with Crippen molar-refractivity contribution in [3.05, 3.63) is 64.2 Å². The van der Waals surface area contributed by atoms with Gasteiger partial charge in [-0.3, -0.25) is 14.9 Å². The number of nitro groups is 1. The average molecular weight is 391 g/mol. The van der Waals surface area contributed by atoms with Crippen LogP contribution < -0.4 is 5.73 Å². The molecule has 1 atom stereocenters. The number of nitrogens with two attached hydrogens (primary N) is 1. The lowest BCUT2D eigenvalue weighted by molar-refractivity contribution is -0.384. The van der Waals surface area contributed by atoms with E-state index in [1.807, 2.05) is 0 Å². The molecule has 0 saturated carbocycles. The summed E-state index contributed by atoms with van der Waals surface area (Å²) in [4.78, 5) is 25.3. The van der Waals surface area contributed by atoms with Gasteiger partial charge in [0.1, 0.15) is 6.04 Å². The lowest BCUT2D eigenvalue weighted by atomic mass is 10.0. The number of carboxylic acid groups (broad SMARTS) is 1. The van der Waals surface area contributed by atoms with E-state index >= 15 is 0 Å². The van der Waals surface area contributed by atoms with Crippen LogP contribution >= 0.6 is 12.4 Å². The normalized spacial score (nSPS) is 11.4.